The van der Waals surface area contributed by atoms with Gasteiger partial charge in [0.2, 0.25) is 5.76 Å². The molecule has 1 saturated heterocycles. The molecule has 0 bridgehead atoms. The largest absolute Gasteiger partial charge is 0.351 e. The first-order valence-electron chi connectivity index (χ1n) is 11.2. The minimum absolute atomic E-state index is 0.0402. The fourth-order valence-electron chi connectivity index (χ4n) is 5.10. The Morgan fingerprint density at radius 1 is 1.03 bits per heavy atom. The Morgan fingerprint density at radius 3 is 2.79 bits per heavy atom. The molecule has 1 saturated carbocycles. The summed E-state index contributed by atoms with van der Waals surface area (Å²) in [5.74, 6) is 3.11. The van der Waals surface area contributed by atoms with Gasteiger partial charge in [0.25, 0.3) is 5.91 Å². The summed E-state index contributed by atoms with van der Waals surface area (Å²) >= 11 is 0. The van der Waals surface area contributed by atoms with Gasteiger partial charge >= 0.3 is 0 Å². The van der Waals surface area contributed by atoms with Crippen molar-refractivity contribution in [2.75, 3.05) is 26.2 Å². The number of likely N-dealkylation sites (tertiary alicyclic amines) is 1. The second kappa shape index (κ2) is 8.26. The highest BCUT2D eigenvalue weighted by Gasteiger charge is 2.32. The number of nitrogens with zero attached hydrogens (tertiary/aromatic N) is 5. The summed E-state index contributed by atoms with van der Waals surface area (Å²) in [6.45, 7) is 4.22. The van der Waals surface area contributed by atoms with E-state index < -0.39 is 0 Å². The molecule has 2 aliphatic heterocycles. The minimum atomic E-state index is -0.0402. The Hall–Kier alpha value is -2.22. The van der Waals surface area contributed by atoms with Crippen molar-refractivity contribution in [3.8, 4) is 0 Å². The maximum Gasteiger partial charge on any atom is 0.292 e. The van der Waals surface area contributed by atoms with Gasteiger partial charge in [-0.05, 0) is 25.7 Å². The summed E-state index contributed by atoms with van der Waals surface area (Å²) in [4.78, 5) is 15.0. The molecule has 8 heteroatoms. The number of piperidine rings is 1. The van der Waals surface area contributed by atoms with Gasteiger partial charge in [-0.25, -0.2) is 0 Å². The molecule has 0 unspecified atom stereocenters. The van der Waals surface area contributed by atoms with E-state index in [1.807, 2.05) is 11.0 Å². The highest BCUT2D eigenvalue weighted by atomic mass is 16.5. The van der Waals surface area contributed by atoms with Gasteiger partial charge < -0.3 is 19.3 Å². The molecular formula is C21H30N6O2. The maximum atomic E-state index is 13.1. The molecule has 1 aliphatic carbocycles. The Morgan fingerprint density at radius 2 is 1.90 bits per heavy atom. The van der Waals surface area contributed by atoms with Crippen LogP contribution in [0.15, 0.2) is 10.6 Å². The van der Waals surface area contributed by atoms with Crippen molar-refractivity contribution in [2.24, 2.45) is 0 Å². The topological polar surface area (TPSA) is 89.1 Å². The molecule has 1 N–H and O–H groups in total. The average Bonchev–Trinajstić information content (AvgIpc) is 3.36. The first kappa shape index (κ1) is 18.8. The van der Waals surface area contributed by atoms with E-state index in [2.05, 4.69) is 25.2 Å². The number of fused-ring (bicyclic) bond motifs is 1. The lowest BCUT2D eigenvalue weighted by molar-refractivity contribution is 0.0661. The van der Waals surface area contributed by atoms with Crippen molar-refractivity contribution in [1.82, 2.24) is 30.1 Å². The highest BCUT2D eigenvalue weighted by Crippen LogP contribution is 2.33. The molecule has 4 heterocycles. The number of hydrogen-bond donors (Lipinski definition) is 1. The molecule has 5 rings (SSSR count). The zero-order chi connectivity index (χ0) is 19.6. The first-order valence-corrected chi connectivity index (χ1v) is 11.2. The number of aromatic nitrogens is 4. The molecule has 156 valence electrons. The molecule has 2 fully saturated rings. The van der Waals surface area contributed by atoms with Crippen LogP contribution in [0, 0.1) is 0 Å². The number of rotatable bonds is 3. The number of nitrogens with one attached hydrogen (secondary N) is 1. The van der Waals surface area contributed by atoms with Crippen LogP contribution in [0.2, 0.25) is 0 Å². The first-order chi connectivity index (χ1) is 14.3. The molecule has 0 aromatic carbocycles. The third kappa shape index (κ3) is 3.82. The van der Waals surface area contributed by atoms with Crippen LogP contribution in [-0.2, 0) is 13.0 Å². The van der Waals surface area contributed by atoms with Gasteiger partial charge in [0.05, 0.1) is 5.69 Å². The van der Waals surface area contributed by atoms with Gasteiger partial charge in [0.15, 0.2) is 0 Å². The Kier molecular flexibility index (Phi) is 5.35. The van der Waals surface area contributed by atoms with Crippen molar-refractivity contribution in [2.45, 2.75) is 69.7 Å². The Labute approximate surface area is 171 Å². The molecule has 1 amide bonds. The number of hydrogen-bond acceptors (Lipinski definition) is 6. The Balaban J connectivity index is 1.29. The van der Waals surface area contributed by atoms with E-state index in [0.717, 1.165) is 75.6 Å². The van der Waals surface area contributed by atoms with Gasteiger partial charge in [-0.2, -0.15) is 0 Å². The van der Waals surface area contributed by atoms with E-state index in [9.17, 15) is 4.79 Å². The third-order valence-corrected chi connectivity index (χ3v) is 6.73. The summed E-state index contributed by atoms with van der Waals surface area (Å²) in [6, 6.07) is 1.89. The molecule has 3 aliphatic rings. The van der Waals surface area contributed by atoms with Gasteiger partial charge in [-0.1, -0.05) is 24.4 Å². The van der Waals surface area contributed by atoms with Crippen LogP contribution in [0.1, 0.15) is 84.7 Å². The lowest BCUT2D eigenvalue weighted by atomic mass is 9.87. The van der Waals surface area contributed by atoms with Crippen LogP contribution < -0.4 is 5.32 Å². The van der Waals surface area contributed by atoms with E-state index in [0.29, 0.717) is 18.2 Å². The molecule has 0 spiro atoms. The van der Waals surface area contributed by atoms with Gasteiger partial charge in [0.1, 0.15) is 11.6 Å². The van der Waals surface area contributed by atoms with Crippen LogP contribution >= 0.6 is 0 Å². The molecule has 2 aromatic rings. The normalized spacial score (nSPS) is 23.6. The minimum Gasteiger partial charge on any atom is -0.351 e. The number of carbonyl (C=O) groups is 1. The van der Waals surface area contributed by atoms with Crippen molar-refractivity contribution in [3.63, 3.8) is 0 Å². The Bertz CT molecular complexity index is 853. The molecule has 2 aromatic heterocycles. The molecule has 29 heavy (non-hydrogen) atoms. The molecule has 0 radical (unpaired) electrons. The summed E-state index contributed by atoms with van der Waals surface area (Å²) in [5, 5.41) is 16.6. The smallest absolute Gasteiger partial charge is 0.292 e. The zero-order valence-corrected chi connectivity index (χ0v) is 17.0. The van der Waals surface area contributed by atoms with Crippen LogP contribution in [-0.4, -0.2) is 56.9 Å². The van der Waals surface area contributed by atoms with Gasteiger partial charge in [0, 0.05) is 57.0 Å². The average molecular weight is 399 g/mol. The van der Waals surface area contributed by atoms with Crippen molar-refractivity contribution >= 4 is 5.91 Å². The van der Waals surface area contributed by atoms with Crippen LogP contribution in [0.4, 0.5) is 0 Å². The van der Waals surface area contributed by atoms with Crippen LogP contribution in [0.5, 0.6) is 0 Å². The van der Waals surface area contributed by atoms with E-state index in [1.54, 1.807) is 0 Å². The van der Waals surface area contributed by atoms with Gasteiger partial charge in [-0.3, -0.25) is 4.79 Å². The predicted molar refractivity (Wildman–Crippen MR) is 107 cm³/mol. The quantitative estimate of drug-likeness (QED) is 0.854. The second-order valence-electron chi connectivity index (χ2n) is 8.67. The molecular weight excluding hydrogens is 368 g/mol. The van der Waals surface area contributed by atoms with Crippen molar-refractivity contribution in [1.29, 1.82) is 0 Å². The van der Waals surface area contributed by atoms with Crippen LogP contribution in [0.25, 0.3) is 0 Å². The monoisotopic (exact) mass is 398 g/mol. The fourth-order valence-corrected chi connectivity index (χ4v) is 5.10. The zero-order valence-electron chi connectivity index (χ0n) is 17.0. The fraction of sp³-hybridized carbons (Fsp3) is 0.714. The van der Waals surface area contributed by atoms with Crippen LogP contribution in [0.3, 0.4) is 0 Å². The van der Waals surface area contributed by atoms with E-state index in [-0.39, 0.29) is 11.8 Å². The standard InChI is InChI=1S/C21H30N6O2/c28-21(18-13-17(25-29-18)15-5-2-1-3-6-15)26-11-4-7-16(14-26)20-24-23-19-8-9-22-10-12-27(19)20/h13,15-16,22H,1-12,14H2/t16-/m1/s1. The lowest BCUT2D eigenvalue weighted by Crippen LogP contribution is -2.39. The SMILES string of the molecule is O=C(c1cc(C2CCCCC2)no1)N1CCC[C@@H](c2nnc3n2CCNCC3)C1. The lowest BCUT2D eigenvalue weighted by Gasteiger charge is -2.31. The van der Waals surface area contributed by atoms with Crippen molar-refractivity contribution in [3.05, 3.63) is 29.2 Å². The summed E-state index contributed by atoms with van der Waals surface area (Å²) in [6.07, 6.45) is 9.01. The van der Waals surface area contributed by atoms with E-state index >= 15 is 0 Å². The van der Waals surface area contributed by atoms with E-state index in [4.69, 9.17) is 4.52 Å². The van der Waals surface area contributed by atoms with E-state index in [1.165, 1.54) is 19.3 Å². The highest BCUT2D eigenvalue weighted by molar-refractivity contribution is 5.91. The van der Waals surface area contributed by atoms with Crippen molar-refractivity contribution < 1.29 is 9.32 Å². The second-order valence-corrected chi connectivity index (χ2v) is 8.67. The number of amides is 1. The molecule has 1 atom stereocenters. The summed E-state index contributed by atoms with van der Waals surface area (Å²) in [5.41, 5.74) is 0.955. The predicted octanol–water partition coefficient (Wildman–Crippen LogP) is 2.48. The summed E-state index contributed by atoms with van der Waals surface area (Å²) in [7, 11) is 0. The van der Waals surface area contributed by atoms with Gasteiger partial charge in [-0.15, -0.1) is 10.2 Å². The third-order valence-electron chi connectivity index (χ3n) is 6.73. The summed E-state index contributed by atoms with van der Waals surface area (Å²) < 4.78 is 7.74. The maximum absolute atomic E-state index is 13.1. The molecule has 8 nitrogen and oxygen atoms in total. The number of carbonyl (C=O) groups excluding carboxylic acids is 1.